The SMILES string of the molecule is Cc1c(-c2ccccc2)ccnc1NC(C)C. The molecule has 2 nitrogen and oxygen atoms in total. The molecular weight excluding hydrogens is 208 g/mol. The van der Waals surface area contributed by atoms with Crippen molar-refractivity contribution in [3.8, 4) is 11.1 Å². The summed E-state index contributed by atoms with van der Waals surface area (Å²) in [4.78, 5) is 4.39. The molecule has 2 rings (SSSR count). The Bertz CT molecular complexity index is 490. The van der Waals surface area contributed by atoms with E-state index in [1.54, 1.807) is 0 Å². The highest BCUT2D eigenvalue weighted by Gasteiger charge is 2.07. The van der Waals surface area contributed by atoms with E-state index in [0.29, 0.717) is 6.04 Å². The molecule has 2 heteroatoms. The fraction of sp³-hybridized carbons (Fsp3) is 0.267. The van der Waals surface area contributed by atoms with E-state index in [2.05, 4.69) is 61.4 Å². The molecule has 88 valence electrons. The summed E-state index contributed by atoms with van der Waals surface area (Å²) >= 11 is 0. The second-order valence-electron chi connectivity index (χ2n) is 4.50. The average molecular weight is 226 g/mol. The zero-order valence-corrected chi connectivity index (χ0v) is 10.6. The van der Waals surface area contributed by atoms with Crippen molar-refractivity contribution in [2.24, 2.45) is 0 Å². The van der Waals surface area contributed by atoms with Gasteiger partial charge in [-0.1, -0.05) is 30.3 Å². The minimum absolute atomic E-state index is 0.396. The van der Waals surface area contributed by atoms with Gasteiger partial charge in [0.25, 0.3) is 0 Å². The topological polar surface area (TPSA) is 24.9 Å². The monoisotopic (exact) mass is 226 g/mol. The van der Waals surface area contributed by atoms with Crippen molar-refractivity contribution in [3.63, 3.8) is 0 Å². The van der Waals surface area contributed by atoms with E-state index >= 15 is 0 Å². The number of nitrogens with zero attached hydrogens (tertiary/aromatic N) is 1. The smallest absolute Gasteiger partial charge is 0.129 e. The highest BCUT2D eigenvalue weighted by Crippen LogP contribution is 2.26. The van der Waals surface area contributed by atoms with Crippen LogP contribution in [-0.4, -0.2) is 11.0 Å². The van der Waals surface area contributed by atoms with Crippen molar-refractivity contribution in [1.82, 2.24) is 4.98 Å². The Morgan fingerprint density at radius 2 is 1.76 bits per heavy atom. The third-order valence-electron chi connectivity index (χ3n) is 2.71. The molecule has 1 aromatic heterocycles. The molecule has 0 fully saturated rings. The van der Waals surface area contributed by atoms with Crippen LogP contribution in [0.3, 0.4) is 0 Å². The first kappa shape index (κ1) is 11.6. The van der Waals surface area contributed by atoms with Gasteiger partial charge in [-0.25, -0.2) is 4.98 Å². The van der Waals surface area contributed by atoms with Crippen LogP contribution in [0.5, 0.6) is 0 Å². The number of benzene rings is 1. The van der Waals surface area contributed by atoms with Crippen LogP contribution in [0.1, 0.15) is 19.4 Å². The van der Waals surface area contributed by atoms with Gasteiger partial charge >= 0.3 is 0 Å². The van der Waals surface area contributed by atoms with Crippen LogP contribution in [0.15, 0.2) is 42.6 Å². The third kappa shape index (κ3) is 2.64. The molecular formula is C15H18N2. The summed E-state index contributed by atoms with van der Waals surface area (Å²) in [6, 6.07) is 12.9. The second kappa shape index (κ2) is 5.00. The van der Waals surface area contributed by atoms with Crippen LogP contribution < -0.4 is 5.32 Å². The van der Waals surface area contributed by atoms with Crippen LogP contribution >= 0.6 is 0 Å². The average Bonchev–Trinajstić information content (AvgIpc) is 2.32. The summed E-state index contributed by atoms with van der Waals surface area (Å²) in [5.74, 6) is 0.973. The van der Waals surface area contributed by atoms with Crippen molar-refractivity contribution in [1.29, 1.82) is 0 Å². The Morgan fingerprint density at radius 3 is 2.41 bits per heavy atom. The zero-order valence-electron chi connectivity index (χ0n) is 10.6. The molecule has 0 aliphatic heterocycles. The maximum absolute atomic E-state index is 4.39. The minimum Gasteiger partial charge on any atom is -0.368 e. The molecule has 1 aromatic carbocycles. The molecule has 1 heterocycles. The van der Waals surface area contributed by atoms with Gasteiger partial charge in [0.2, 0.25) is 0 Å². The molecule has 17 heavy (non-hydrogen) atoms. The van der Waals surface area contributed by atoms with Gasteiger partial charge in [-0.3, -0.25) is 0 Å². The van der Waals surface area contributed by atoms with Crippen molar-refractivity contribution >= 4 is 5.82 Å². The Kier molecular flexibility index (Phi) is 3.43. The molecule has 0 saturated carbocycles. The number of anilines is 1. The first-order chi connectivity index (χ1) is 8.18. The number of aromatic nitrogens is 1. The highest BCUT2D eigenvalue weighted by atomic mass is 15.0. The molecule has 1 N–H and O–H groups in total. The standard InChI is InChI=1S/C15H18N2/c1-11(2)17-15-12(3)14(9-10-16-15)13-7-5-4-6-8-13/h4-11H,1-3H3,(H,16,17). The first-order valence-corrected chi connectivity index (χ1v) is 5.96. The molecule has 0 bridgehead atoms. The van der Waals surface area contributed by atoms with Gasteiger partial charge in [0, 0.05) is 12.2 Å². The largest absolute Gasteiger partial charge is 0.368 e. The van der Waals surface area contributed by atoms with E-state index in [0.717, 1.165) is 5.82 Å². The number of rotatable bonds is 3. The molecule has 0 saturated heterocycles. The first-order valence-electron chi connectivity index (χ1n) is 5.96. The fourth-order valence-electron chi connectivity index (χ4n) is 1.89. The van der Waals surface area contributed by atoms with Gasteiger partial charge in [-0.2, -0.15) is 0 Å². The zero-order chi connectivity index (χ0) is 12.3. The Hall–Kier alpha value is -1.83. The summed E-state index contributed by atoms with van der Waals surface area (Å²) in [5.41, 5.74) is 3.68. The lowest BCUT2D eigenvalue weighted by Gasteiger charge is -2.14. The normalized spacial score (nSPS) is 10.6. The molecule has 0 radical (unpaired) electrons. The van der Waals surface area contributed by atoms with Gasteiger partial charge in [-0.05, 0) is 43.5 Å². The number of pyridine rings is 1. The number of hydrogen-bond acceptors (Lipinski definition) is 2. The van der Waals surface area contributed by atoms with E-state index in [-0.39, 0.29) is 0 Å². The quantitative estimate of drug-likeness (QED) is 0.859. The van der Waals surface area contributed by atoms with Crippen molar-refractivity contribution < 1.29 is 0 Å². The summed E-state index contributed by atoms with van der Waals surface area (Å²) in [6.07, 6.45) is 1.86. The van der Waals surface area contributed by atoms with E-state index in [9.17, 15) is 0 Å². The molecule has 0 aliphatic rings. The predicted octanol–water partition coefficient (Wildman–Crippen LogP) is 3.88. The van der Waals surface area contributed by atoms with Gasteiger partial charge in [0.05, 0.1) is 0 Å². The van der Waals surface area contributed by atoms with E-state index in [1.165, 1.54) is 16.7 Å². The molecule has 0 atom stereocenters. The third-order valence-corrected chi connectivity index (χ3v) is 2.71. The number of hydrogen-bond donors (Lipinski definition) is 1. The lowest BCUT2D eigenvalue weighted by atomic mass is 10.0. The van der Waals surface area contributed by atoms with Crippen LogP contribution in [0, 0.1) is 6.92 Å². The van der Waals surface area contributed by atoms with Crippen LogP contribution in [0.4, 0.5) is 5.82 Å². The summed E-state index contributed by atoms with van der Waals surface area (Å²) in [6.45, 7) is 6.35. The molecule has 2 aromatic rings. The Morgan fingerprint density at radius 1 is 1.06 bits per heavy atom. The van der Waals surface area contributed by atoms with Crippen LogP contribution in [0.2, 0.25) is 0 Å². The van der Waals surface area contributed by atoms with Gasteiger partial charge in [-0.15, -0.1) is 0 Å². The Balaban J connectivity index is 2.43. The van der Waals surface area contributed by atoms with Gasteiger partial charge in [0.15, 0.2) is 0 Å². The number of nitrogens with one attached hydrogen (secondary N) is 1. The van der Waals surface area contributed by atoms with E-state index < -0.39 is 0 Å². The maximum atomic E-state index is 4.39. The molecule has 0 aliphatic carbocycles. The maximum Gasteiger partial charge on any atom is 0.129 e. The highest BCUT2D eigenvalue weighted by molar-refractivity contribution is 5.71. The molecule has 0 amide bonds. The lowest BCUT2D eigenvalue weighted by Crippen LogP contribution is -2.12. The van der Waals surface area contributed by atoms with Crippen LogP contribution in [-0.2, 0) is 0 Å². The summed E-state index contributed by atoms with van der Waals surface area (Å²) in [7, 11) is 0. The Labute approximate surface area is 103 Å². The van der Waals surface area contributed by atoms with Gasteiger partial charge in [0.1, 0.15) is 5.82 Å². The van der Waals surface area contributed by atoms with Crippen molar-refractivity contribution in [2.75, 3.05) is 5.32 Å². The van der Waals surface area contributed by atoms with Gasteiger partial charge < -0.3 is 5.32 Å². The van der Waals surface area contributed by atoms with Crippen molar-refractivity contribution in [2.45, 2.75) is 26.8 Å². The lowest BCUT2D eigenvalue weighted by molar-refractivity contribution is 0.886. The van der Waals surface area contributed by atoms with Crippen LogP contribution in [0.25, 0.3) is 11.1 Å². The van der Waals surface area contributed by atoms with E-state index in [1.807, 2.05) is 12.3 Å². The summed E-state index contributed by atoms with van der Waals surface area (Å²) < 4.78 is 0. The predicted molar refractivity (Wildman–Crippen MR) is 73.2 cm³/mol. The summed E-state index contributed by atoms with van der Waals surface area (Å²) in [5, 5.41) is 3.37. The van der Waals surface area contributed by atoms with Crippen molar-refractivity contribution in [3.05, 3.63) is 48.2 Å². The second-order valence-corrected chi connectivity index (χ2v) is 4.50. The molecule has 0 unspecified atom stereocenters. The molecule has 0 spiro atoms. The van der Waals surface area contributed by atoms with E-state index in [4.69, 9.17) is 0 Å². The minimum atomic E-state index is 0.396. The fourth-order valence-corrected chi connectivity index (χ4v) is 1.89.